The number of rotatable bonds is 5. The molecule has 0 radical (unpaired) electrons. The van der Waals surface area contributed by atoms with Gasteiger partial charge in [0.2, 0.25) is 0 Å². The summed E-state index contributed by atoms with van der Waals surface area (Å²) < 4.78 is 0. The summed E-state index contributed by atoms with van der Waals surface area (Å²) >= 11 is 0. The average Bonchev–Trinajstić information content (AvgIpc) is 3.09. The summed E-state index contributed by atoms with van der Waals surface area (Å²) in [4.78, 5) is 12.4. The third-order valence-corrected chi connectivity index (χ3v) is 8.07. The predicted molar refractivity (Wildman–Crippen MR) is 180 cm³/mol. The monoisotopic (exact) mass is 549 g/mol. The SMILES string of the molecule is c1ccc(N(c2ccccc2)c2cccc(-c3ccc(-c4cnc5c6ccccc6c6ccccc6c5n4)cc3)c2)cc1. The van der Waals surface area contributed by atoms with Gasteiger partial charge in [-0.15, -0.1) is 0 Å². The zero-order valence-electron chi connectivity index (χ0n) is 23.4. The average molecular weight is 550 g/mol. The second-order valence-electron chi connectivity index (χ2n) is 10.7. The highest BCUT2D eigenvalue weighted by Crippen LogP contribution is 2.37. The standard InChI is InChI=1S/C40H27N3/c1-3-13-31(14-4-1)43(32-15-5-2-6-16-32)33-17-11-12-30(26-33)28-22-24-29(25-23-28)38-27-41-39-36-20-9-7-18-34(36)35-19-8-10-21-37(35)40(39)42-38/h1-27H. The zero-order valence-corrected chi connectivity index (χ0v) is 23.4. The molecule has 1 aromatic heterocycles. The third kappa shape index (κ3) is 4.48. The van der Waals surface area contributed by atoms with Crippen LogP contribution >= 0.6 is 0 Å². The van der Waals surface area contributed by atoms with E-state index in [-0.39, 0.29) is 0 Å². The maximum atomic E-state index is 5.16. The largest absolute Gasteiger partial charge is 0.310 e. The summed E-state index contributed by atoms with van der Waals surface area (Å²) in [7, 11) is 0. The number of hydrogen-bond acceptors (Lipinski definition) is 3. The molecule has 3 nitrogen and oxygen atoms in total. The number of benzene rings is 7. The Labute approximate surface area is 250 Å². The molecular formula is C40H27N3. The molecular weight excluding hydrogens is 522 g/mol. The Bertz CT molecular complexity index is 2150. The van der Waals surface area contributed by atoms with Gasteiger partial charge in [0.15, 0.2) is 0 Å². The van der Waals surface area contributed by atoms with E-state index in [1.54, 1.807) is 0 Å². The second kappa shape index (κ2) is 10.6. The lowest BCUT2D eigenvalue weighted by Gasteiger charge is -2.25. The maximum Gasteiger partial charge on any atom is 0.0979 e. The van der Waals surface area contributed by atoms with Crippen LogP contribution < -0.4 is 4.90 Å². The van der Waals surface area contributed by atoms with Crippen molar-refractivity contribution in [2.75, 3.05) is 4.90 Å². The van der Waals surface area contributed by atoms with Crippen LogP contribution in [0.15, 0.2) is 164 Å². The number of fused-ring (bicyclic) bond motifs is 6. The first kappa shape index (κ1) is 25.0. The molecule has 0 spiro atoms. The van der Waals surface area contributed by atoms with Gasteiger partial charge >= 0.3 is 0 Å². The zero-order chi connectivity index (χ0) is 28.6. The molecule has 202 valence electrons. The molecule has 0 aliphatic carbocycles. The van der Waals surface area contributed by atoms with Crippen LogP contribution in [0.3, 0.4) is 0 Å². The lowest BCUT2D eigenvalue weighted by atomic mass is 9.99. The first-order valence-corrected chi connectivity index (χ1v) is 14.5. The predicted octanol–water partition coefficient (Wildman–Crippen LogP) is 10.7. The minimum Gasteiger partial charge on any atom is -0.310 e. The van der Waals surface area contributed by atoms with E-state index in [9.17, 15) is 0 Å². The molecule has 3 heteroatoms. The molecule has 0 bridgehead atoms. The van der Waals surface area contributed by atoms with Crippen LogP contribution in [0.4, 0.5) is 17.1 Å². The molecule has 0 saturated carbocycles. The number of anilines is 3. The highest BCUT2D eigenvalue weighted by Gasteiger charge is 2.14. The first-order valence-electron chi connectivity index (χ1n) is 14.5. The van der Waals surface area contributed by atoms with Crippen molar-refractivity contribution in [1.29, 1.82) is 0 Å². The van der Waals surface area contributed by atoms with Gasteiger partial charge in [-0.3, -0.25) is 4.98 Å². The quantitative estimate of drug-likeness (QED) is 0.200. The van der Waals surface area contributed by atoms with Gasteiger partial charge in [0.25, 0.3) is 0 Å². The van der Waals surface area contributed by atoms with E-state index in [4.69, 9.17) is 9.97 Å². The van der Waals surface area contributed by atoms with Crippen LogP contribution in [-0.2, 0) is 0 Å². The van der Waals surface area contributed by atoms with Crippen molar-refractivity contribution in [3.8, 4) is 22.4 Å². The van der Waals surface area contributed by atoms with E-state index in [2.05, 4.69) is 163 Å². The van der Waals surface area contributed by atoms with Crippen molar-refractivity contribution in [3.05, 3.63) is 164 Å². The molecule has 0 atom stereocenters. The summed E-state index contributed by atoms with van der Waals surface area (Å²) in [6.07, 6.45) is 1.90. The Hall–Kier alpha value is -5.80. The Morgan fingerprint density at radius 2 is 0.884 bits per heavy atom. The van der Waals surface area contributed by atoms with E-state index in [1.807, 2.05) is 6.20 Å². The molecule has 7 aromatic carbocycles. The number of nitrogens with zero attached hydrogens (tertiary/aromatic N) is 3. The molecule has 8 rings (SSSR count). The highest BCUT2D eigenvalue weighted by atomic mass is 15.1. The summed E-state index contributed by atoms with van der Waals surface area (Å²) in [5.74, 6) is 0. The normalized spacial score (nSPS) is 11.3. The minimum atomic E-state index is 0.868. The molecule has 43 heavy (non-hydrogen) atoms. The fourth-order valence-corrected chi connectivity index (χ4v) is 6.02. The van der Waals surface area contributed by atoms with Crippen LogP contribution in [0.1, 0.15) is 0 Å². The molecule has 0 aliphatic heterocycles. The number of aromatic nitrogens is 2. The van der Waals surface area contributed by atoms with Gasteiger partial charge in [0.05, 0.1) is 22.9 Å². The van der Waals surface area contributed by atoms with E-state index in [1.165, 1.54) is 10.8 Å². The van der Waals surface area contributed by atoms with Crippen LogP contribution in [0, 0.1) is 0 Å². The molecule has 0 amide bonds. The van der Waals surface area contributed by atoms with Gasteiger partial charge in [-0.25, -0.2) is 4.98 Å². The Kier molecular flexibility index (Phi) is 6.12. The maximum absolute atomic E-state index is 5.16. The van der Waals surface area contributed by atoms with Gasteiger partial charge in [-0.05, 0) is 58.3 Å². The topological polar surface area (TPSA) is 29.0 Å². The van der Waals surface area contributed by atoms with Gasteiger partial charge < -0.3 is 4.90 Å². The van der Waals surface area contributed by atoms with E-state index in [0.29, 0.717) is 0 Å². The molecule has 0 fully saturated rings. The fraction of sp³-hybridized carbons (Fsp3) is 0. The molecule has 0 aliphatic rings. The minimum absolute atomic E-state index is 0.868. The van der Waals surface area contributed by atoms with Crippen molar-refractivity contribution < 1.29 is 0 Å². The van der Waals surface area contributed by atoms with Crippen LogP contribution in [0.25, 0.3) is 55.0 Å². The summed E-state index contributed by atoms with van der Waals surface area (Å²) in [6, 6.07) is 55.3. The lowest BCUT2D eigenvalue weighted by molar-refractivity contribution is 1.28. The summed E-state index contributed by atoms with van der Waals surface area (Å²) in [5, 5.41) is 4.66. The van der Waals surface area contributed by atoms with E-state index < -0.39 is 0 Å². The molecule has 0 unspecified atom stereocenters. The van der Waals surface area contributed by atoms with Crippen molar-refractivity contribution in [1.82, 2.24) is 9.97 Å². The molecule has 0 N–H and O–H groups in total. The smallest absolute Gasteiger partial charge is 0.0979 e. The van der Waals surface area contributed by atoms with E-state index in [0.717, 1.165) is 61.3 Å². The van der Waals surface area contributed by atoms with Gasteiger partial charge in [-0.2, -0.15) is 0 Å². The number of para-hydroxylation sites is 2. The number of hydrogen-bond donors (Lipinski definition) is 0. The van der Waals surface area contributed by atoms with Crippen molar-refractivity contribution in [3.63, 3.8) is 0 Å². The van der Waals surface area contributed by atoms with Crippen molar-refractivity contribution >= 4 is 49.6 Å². The van der Waals surface area contributed by atoms with Gasteiger partial charge in [-0.1, -0.05) is 121 Å². The Morgan fingerprint density at radius 3 is 1.51 bits per heavy atom. The highest BCUT2D eigenvalue weighted by molar-refractivity contribution is 6.23. The van der Waals surface area contributed by atoms with Crippen LogP contribution in [-0.4, -0.2) is 9.97 Å². The van der Waals surface area contributed by atoms with Crippen molar-refractivity contribution in [2.45, 2.75) is 0 Å². The molecule has 0 saturated heterocycles. The van der Waals surface area contributed by atoms with Crippen LogP contribution in [0.2, 0.25) is 0 Å². The van der Waals surface area contributed by atoms with Gasteiger partial charge in [0.1, 0.15) is 0 Å². The third-order valence-electron chi connectivity index (χ3n) is 8.07. The second-order valence-corrected chi connectivity index (χ2v) is 10.7. The fourth-order valence-electron chi connectivity index (χ4n) is 6.02. The lowest BCUT2D eigenvalue weighted by Crippen LogP contribution is -2.09. The van der Waals surface area contributed by atoms with Crippen LogP contribution in [0.5, 0.6) is 0 Å². The van der Waals surface area contributed by atoms with E-state index >= 15 is 0 Å². The first-order chi connectivity index (χ1) is 21.3. The Balaban J connectivity index is 1.18. The Morgan fingerprint density at radius 1 is 0.372 bits per heavy atom. The molecule has 8 aromatic rings. The summed E-state index contributed by atoms with van der Waals surface area (Å²) in [5.41, 5.74) is 9.44. The van der Waals surface area contributed by atoms with Gasteiger partial charge in [0, 0.05) is 33.4 Å². The molecule has 1 heterocycles. The van der Waals surface area contributed by atoms with Crippen molar-refractivity contribution in [2.24, 2.45) is 0 Å². The summed E-state index contributed by atoms with van der Waals surface area (Å²) in [6.45, 7) is 0.